The fourth-order valence-corrected chi connectivity index (χ4v) is 1.97. The van der Waals surface area contributed by atoms with E-state index in [1.54, 1.807) is 0 Å². The van der Waals surface area contributed by atoms with Gasteiger partial charge in [-0.2, -0.15) is 0 Å². The topological polar surface area (TPSA) is 26.3 Å². The van der Waals surface area contributed by atoms with Crippen molar-refractivity contribution in [2.75, 3.05) is 6.61 Å². The van der Waals surface area contributed by atoms with Crippen LogP contribution < -0.4 is 0 Å². The maximum Gasteiger partial charge on any atom is 0.138 e. The van der Waals surface area contributed by atoms with E-state index < -0.39 is 0 Å². The maximum atomic E-state index is 11.7. The molecule has 0 saturated carbocycles. The van der Waals surface area contributed by atoms with E-state index in [0.29, 0.717) is 18.1 Å². The minimum atomic E-state index is 0.187. The summed E-state index contributed by atoms with van der Waals surface area (Å²) in [5.41, 5.74) is 0. The van der Waals surface area contributed by atoms with Crippen LogP contribution in [0.3, 0.4) is 0 Å². The Bertz CT molecular complexity index is 175. The predicted octanol–water partition coefficient (Wildman–Crippen LogP) is 2.42. The highest BCUT2D eigenvalue weighted by Gasteiger charge is 2.32. The molecule has 1 rings (SSSR count). The summed E-state index contributed by atoms with van der Waals surface area (Å²) >= 11 is 0. The number of hydrogen-bond acceptors (Lipinski definition) is 2. The summed E-state index contributed by atoms with van der Waals surface area (Å²) in [4.78, 5) is 11.7. The summed E-state index contributed by atoms with van der Waals surface area (Å²) in [7, 11) is 0. The van der Waals surface area contributed by atoms with Gasteiger partial charge in [0.2, 0.25) is 0 Å². The van der Waals surface area contributed by atoms with Gasteiger partial charge in [0.1, 0.15) is 5.78 Å². The molecule has 2 nitrogen and oxygen atoms in total. The summed E-state index contributed by atoms with van der Waals surface area (Å²) in [5, 5.41) is 0. The van der Waals surface area contributed by atoms with E-state index in [2.05, 4.69) is 20.8 Å². The van der Waals surface area contributed by atoms with Crippen molar-refractivity contribution in [1.29, 1.82) is 0 Å². The van der Waals surface area contributed by atoms with Crippen LogP contribution >= 0.6 is 0 Å². The number of ether oxygens (including phenoxy) is 1. The molecule has 0 aliphatic carbocycles. The Balaban J connectivity index is 2.45. The standard InChI is InChI=1S/C11H20O2/c1-4-11-9(5-6-13-11)10(12)7-8(2)3/h8-9,11H,4-7H2,1-3H3. The van der Waals surface area contributed by atoms with E-state index in [1.807, 2.05) is 0 Å². The monoisotopic (exact) mass is 184 g/mol. The van der Waals surface area contributed by atoms with Gasteiger partial charge in [0.25, 0.3) is 0 Å². The van der Waals surface area contributed by atoms with E-state index in [9.17, 15) is 4.79 Å². The van der Waals surface area contributed by atoms with Crippen LogP contribution in [0, 0.1) is 11.8 Å². The average Bonchev–Trinajstić information content (AvgIpc) is 2.49. The van der Waals surface area contributed by atoms with E-state index in [4.69, 9.17) is 4.74 Å². The lowest BCUT2D eigenvalue weighted by Crippen LogP contribution is -2.24. The molecule has 1 aliphatic heterocycles. The Kier molecular flexibility index (Phi) is 3.91. The summed E-state index contributed by atoms with van der Waals surface area (Å²) in [6.45, 7) is 7.04. The molecular formula is C11H20O2. The zero-order valence-electron chi connectivity index (χ0n) is 8.88. The lowest BCUT2D eigenvalue weighted by molar-refractivity contribution is -0.125. The van der Waals surface area contributed by atoms with Gasteiger partial charge >= 0.3 is 0 Å². The number of rotatable bonds is 4. The van der Waals surface area contributed by atoms with Gasteiger partial charge in [0.15, 0.2) is 0 Å². The van der Waals surface area contributed by atoms with Crippen molar-refractivity contribution in [3.05, 3.63) is 0 Å². The zero-order valence-corrected chi connectivity index (χ0v) is 8.88. The van der Waals surface area contributed by atoms with Crippen molar-refractivity contribution in [3.8, 4) is 0 Å². The fourth-order valence-electron chi connectivity index (χ4n) is 1.97. The van der Waals surface area contributed by atoms with Crippen molar-refractivity contribution >= 4 is 5.78 Å². The van der Waals surface area contributed by atoms with E-state index in [-0.39, 0.29) is 12.0 Å². The molecule has 2 heteroatoms. The molecule has 2 unspecified atom stereocenters. The zero-order chi connectivity index (χ0) is 9.84. The molecule has 76 valence electrons. The Labute approximate surface area is 80.7 Å². The Morgan fingerprint density at radius 1 is 1.54 bits per heavy atom. The highest BCUT2D eigenvalue weighted by molar-refractivity contribution is 5.82. The van der Waals surface area contributed by atoms with Gasteiger partial charge in [0, 0.05) is 18.9 Å². The van der Waals surface area contributed by atoms with Crippen molar-refractivity contribution in [1.82, 2.24) is 0 Å². The molecular weight excluding hydrogens is 164 g/mol. The first-order chi connectivity index (χ1) is 6.15. The molecule has 1 saturated heterocycles. The summed E-state index contributed by atoms with van der Waals surface area (Å²) in [6, 6.07) is 0. The molecule has 0 aromatic heterocycles. The second-order valence-electron chi connectivity index (χ2n) is 4.28. The van der Waals surface area contributed by atoms with E-state index >= 15 is 0 Å². The number of ketones is 1. The first kappa shape index (κ1) is 10.7. The van der Waals surface area contributed by atoms with E-state index in [0.717, 1.165) is 19.4 Å². The minimum Gasteiger partial charge on any atom is -0.377 e. The molecule has 1 heterocycles. The number of carbonyl (C=O) groups is 1. The molecule has 0 amide bonds. The summed E-state index contributed by atoms with van der Waals surface area (Å²) in [6.07, 6.45) is 2.81. The maximum absolute atomic E-state index is 11.7. The van der Waals surface area contributed by atoms with Crippen molar-refractivity contribution in [2.24, 2.45) is 11.8 Å². The van der Waals surface area contributed by atoms with Gasteiger partial charge in [-0.1, -0.05) is 20.8 Å². The highest BCUT2D eigenvalue weighted by Crippen LogP contribution is 2.26. The van der Waals surface area contributed by atoms with Crippen LogP contribution in [0.25, 0.3) is 0 Å². The van der Waals surface area contributed by atoms with Crippen molar-refractivity contribution in [2.45, 2.75) is 46.1 Å². The van der Waals surface area contributed by atoms with Crippen molar-refractivity contribution in [3.63, 3.8) is 0 Å². The second kappa shape index (κ2) is 4.75. The first-order valence-corrected chi connectivity index (χ1v) is 5.29. The molecule has 0 spiro atoms. The van der Waals surface area contributed by atoms with Crippen LogP contribution in [0.4, 0.5) is 0 Å². The van der Waals surface area contributed by atoms with Gasteiger partial charge in [0.05, 0.1) is 6.10 Å². The predicted molar refractivity (Wildman–Crippen MR) is 52.6 cm³/mol. The minimum absolute atomic E-state index is 0.187. The molecule has 0 radical (unpaired) electrons. The Hall–Kier alpha value is -0.370. The number of carbonyl (C=O) groups excluding carboxylic acids is 1. The van der Waals surface area contributed by atoms with Crippen LogP contribution in [0.1, 0.15) is 40.0 Å². The molecule has 0 aromatic carbocycles. The Morgan fingerprint density at radius 2 is 2.23 bits per heavy atom. The number of Topliss-reactive ketones (excluding diaryl/α,β-unsaturated/α-hetero) is 1. The molecule has 13 heavy (non-hydrogen) atoms. The summed E-state index contributed by atoms with van der Waals surface area (Å²) in [5.74, 6) is 1.07. The van der Waals surface area contributed by atoms with Gasteiger partial charge < -0.3 is 4.74 Å². The average molecular weight is 184 g/mol. The molecule has 0 bridgehead atoms. The SMILES string of the molecule is CCC1OCCC1C(=O)CC(C)C. The van der Waals surface area contributed by atoms with Crippen LogP contribution in [-0.2, 0) is 9.53 Å². The van der Waals surface area contributed by atoms with Crippen LogP contribution in [0.15, 0.2) is 0 Å². The quantitative estimate of drug-likeness (QED) is 0.670. The lowest BCUT2D eigenvalue weighted by Gasteiger charge is -2.16. The van der Waals surface area contributed by atoms with Crippen LogP contribution in [-0.4, -0.2) is 18.5 Å². The highest BCUT2D eigenvalue weighted by atomic mass is 16.5. The normalized spacial score (nSPS) is 28.3. The van der Waals surface area contributed by atoms with Crippen LogP contribution in [0.5, 0.6) is 0 Å². The Morgan fingerprint density at radius 3 is 2.77 bits per heavy atom. The molecule has 0 aromatic rings. The fraction of sp³-hybridized carbons (Fsp3) is 0.909. The summed E-state index contributed by atoms with van der Waals surface area (Å²) < 4.78 is 5.50. The smallest absolute Gasteiger partial charge is 0.138 e. The molecule has 1 aliphatic rings. The molecule has 2 atom stereocenters. The second-order valence-corrected chi connectivity index (χ2v) is 4.28. The van der Waals surface area contributed by atoms with Crippen molar-refractivity contribution < 1.29 is 9.53 Å². The lowest BCUT2D eigenvalue weighted by atomic mass is 9.90. The van der Waals surface area contributed by atoms with Gasteiger partial charge in [-0.15, -0.1) is 0 Å². The number of hydrogen-bond donors (Lipinski definition) is 0. The largest absolute Gasteiger partial charge is 0.377 e. The van der Waals surface area contributed by atoms with Gasteiger partial charge in [-0.3, -0.25) is 4.79 Å². The van der Waals surface area contributed by atoms with Gasteiger partial charge in [-0.05, 0) is 18.8 Å². The third-order valence-corrected chi connectivity index (χ3v) is 2.63. The molecule has 1 fully saturated rings. The first-order valence-electron chi connectivity index (χ1n) is 5.29. The van der Waals surface area contributed by atoms with E-state index in [1.165, 1.54) is 0 Å². The third kappa shape index (κ3) is 2.80. The molecule has 0 N–H and O–H groups in total. The third-order valence-electron chi connectivity index (χ3n) is 2.63. The van der Waals surface area contributed by atoms with Crippen LogP contribution in [0.2, 0.25) is 0 Å². The van der Waals surface area contributed by atoms with Gasteiger partial charge in [-0.25, -0.2) is 0 Å².